The molecule has 0 fully saturated rings. The molecular weight excluding hydrogens is 304 g/mol. The molecule has 6 heteroatoms. The van der Waals surface area contributed by atoms with E-state index in [1.807, 2.05) is 13.0 Å². The van der Waals surface area contributed by atoms with E-state index in [2.05, 4.69) is 10.3 Å². The number of amides is 1. The first kappa shape index (κ1) is 16.0. The van der Waals surface area contributed by atoms with E-state index in [9.17, 15) is 9.59 Å². The quantitative estimate of drug-likeness (QED) is 0.679. The Balaban J connectivity index is 1.80. The van der Waals surface area contributed by atoms with Crippen molar-refractivity contribution < 1.29 is 14.3 Å². The smallest absolute Gasteiger partial charge is 0.339 e. The summed E-state index contributed by atoms with van der Waals surface area (Å²) in [6.07, 6.45) is 3.07. The molecule has 0 unspecified atom stereocenters. The fourth-order valence-corrected chi connectivity index (χ4v) is 2.00. The van der Waals surface area contributed by atoms with Crippen LogP contribution in [-0.4, -0.2) is 30.0 Å². The first-order chi connectivity index (χ1) is 10.6. The van der Waals surface area contributed by atoms with Crippen LogP contribution in [0.3, 0.4) is 0 Å². The molecule has 0 aliphatic heterocycles. The SMILES string of the molecule is Cc1cccc(C(=O)OCCNC(=O)c2ccncc2)c1Cl. The maximum absolute atomic E-state index is 11.9. The van der Waals surface area contributed by atoms with Crippen molar-refractivity contribution in [1.82, 2.24) is 10.3 Å². The van der Waals surface area contributed by atoms with Crippen LogP contribution in [0, 0.1) is 6.92 Å². The minimum absolute atomic E-state index is 0.0694. The van der Waals surface area contributed by atoms with E-state index in [4.69, 9.17) is 16.3 Å². The Labute approximate surface area is 133 Å². The number of aryl methyl sites for hydroxylation is 1. The van der Waals surface area contributed by atoms with Crippen molar-refractivity contribution >= 4 is 23.5 Å². The second-order valence-corrected chi connectivity index (χ2v) is 4.94. The van der Waals surface area contributed by atoms with Gasteiger partial charge in [-0.2, -0.15) is 0 Å². The molecule has 0 aliphatic carbocycles. The fraction of sp³-hybridized carbons (Fsp3) is 0.188. The van der Waals surface area contributed by atoms with Gasteiger partial charge in [-0.15, -0.1) is 0 Å². The van der Waals surface area contributed by atoms with Crippen molar-refractivity contribution in [1.29, 1.82) is 0 Å². The fourth-order valence-electron chi connectivity index (χ4n) is 1.80. The van der Waals surface area contributed by atoms with Gasteiger partial charge >= 0.3 is 5.97 Å². The molecule has 0 radical (unpaired) electrons. The average molecular weight is 319 g/mol. The maximum Gasteiger partial charge on any atom is 0.339 e. The lowest BCUT2D eigenvalue weighted by atomic mass is 10.1. The van der Waals surface area contributed by atoms with Crippen LogP contribution in [0.5, 0.6) is 0 Å². The summed E-state index contributed by atoms with van der Waals surface area (Å²) in [5.74, 6) is -0.751. The standard InChI is InChI=1S/C16H15ClN2O3/c1-11-3-2-4-13(14(11)17)16(21)22-10-9-19-15(20)12-5-7-18-8-6-12/h2-8H,9-10H2,1H3,(H,19,20). The zero-order valence-corrected chi connectivity index (χ0v) is 12.8. The van der Waals surface area contributed by atoms with Gasteiger partial charge in [-0.1, -0.05) is 23.7 Å². The Kier molecular flexibility index (Phi) is 5.49. The van der Waals surface area contributed by atoms with Gasteiger partial charge < -0.3 is 10.1 Å². The number of aromatic nitrogens is 1. The van der Waals surface area contributed by atoms with E-state index < -0.39 is 5.97 Å². The summed E-state index contributed by atoms with van der Waals surface area (Å²) in [5, 5.41) is 3.04. The highest BCUT2D eigenvalue weighted by Crippen LogP contribution is 2.20. The lowest BCUT2D eigenvalue weighted by Crippen LogP contribution is -2.28. The Morgan fingerprint density at radius 1 is 1.23 bits per heavy atom. The minimum atomic E-state index is -0.508. The summed E-state index contributed by atoms with van der Waals surface area (Å²) in [5.41, 5.74) is 1.63. The normalized spacial score (nSPS) is 10.1. The molecule has 1 aromatic carbocycles. The van der Waals surface area contributed by atoms with Crippen LogP contribution in [0.4, 0.5) is 0 Å². The number of halogens is 1. The van der Waals surface area contributed by atoms with Crippen molar-refractivity contribution in [3.63, 3.8) is 0 Å². The summed E-state index contributed by atoms with van der Waals surface area (Å²) >= 11 is 6.05. The Morgan fingerprint density at radius 3 is 2.68 bits per heavy atom. The van der Waals surface area contributed by atoms with Crippen molar-refractivity contribution in [2.24, 2.45) is 0 Å². The van der Waals surface area contributed by atoms with E-state index in [-0.39, 0.29) is 19.1 Å². The van der Waals surface area contributed by atoms with E-state index >= 15 is 0 Å². The molecule has 0 saturated carbocycles. The number of ether oxygens (including phenoxy) is 1. The molecule has 114 valence electrons. The highest BCUT2D eigenvalue weighted by Gasteiger charge is 2.13. The largest absolute Gasteiger partial charge is 0.460 e. The van der Waals surface area contributed by atoms with Crippen LogP contribution in [0.15, 0.2) is 42.7 Å². The number of carbonyl (C=O) groups excluding carboxylic acids is 2. The lowest BCUT2D eigenvalue weighted by Gasteiger charge is -2.08. The number of pyridine rings is 1. The first-order valence-corrected chi connectivity index (χ1v) is 7.08. The van der Waals surface area contributed by atoms with Crippen molar-refractivity contribution in [2.45, 2.75) is 6.92 Å². The van der Waals surface area contributed by atoms with E-state index in [0.717, 1.165) is 5.56 Å². The molecule has 0 spiro atoms. The van der Waals surface area contributed by atoms with Gasteiger partial charge in [0, 0.05) is 18.0 Å². The number of rotatable bonds is 5. The second-order valence-electron chi connectivity index (χ2n) is 4.56. The highest BCUT2D eigenvalue weighted by atomic mass is 35.5. The lowest BCUT2D eigenvalue weighted by molar-refractivity contribution is 0.0503. The van der Waals surface area contributed by atoms with E-state index in [1.165, 1.54) is 12.4 Å². The van der Waals surface area contributed by atoms with Crippen molar-refractivity contribution in [3.05, 3.63) is 64.4 Å². The van der Waals surface area contributed by atoms with Gasteiger partial charge in [0.15, 0.2) is 0 Å². The number of esters is 1. The molecule has 0 aliphatic rings. The molecular formula is C16H15ClN2O3. The molecule has 1 heterocycles. The van der Waals surface area contributed by atoms with Gasteiger partial charge in [0.05, 0.1) is 17.1 Å². The van der Waals surface area contributed by atoms with Gasteiger partial charge in [-0.25, -0.2) is 4.79 Å². The highest BCUT2D eigenvalue weighted by molar-refractivity contribution is 6.34. The molecule has 1 N–H and O–H groups in total. The number of nitrogens with one attached hydrogen (secondary N) is 1. The average Bonchev–Trinajstić information content (AvgIpc) is 2.54. The van der Waals surface area contributed by atoms with Gasteiger partial charge in [0.2, 0.25) is 0 Å². The third kappa shape index (κ3) is 4.05. The molecule has 2 aromatic rings. The van der Waals surface area contributed by atoms with Crippen molar-refractivity contribution in [2.75, 3.05) is 13.2 Å². The zero-order chi connectivity index (χ0) is 15.9. The second kappa shape index (κ2) is 7.56. The number of benzene rings is 1. The predicted molar refractivity (Wildman–Crippen MR) is 83.0 cm³/mol. The van der Waals surface area contributed by atoms with Crippen molar-refractivity contribution in [3.8, 4) is 0 Å². The third-order valence-corrected chi connectivity index (χ3v) is 3.48. The molecule has 2 rings (SSSR count). The van der Waals surface area contributed by atoms with Crippen LogP contribution in [-0.2, 0) is 4.74 Å². The summed E-state index contributed by atoms with van der Waals surface area (Å²) in [7, 11) is 0. The first-order valence-electron chi connectivity index (χ1n) is 6.70. The molecule has 22 heavy (non-hydrogen) atoms. The van der Waals surface area contributed by atoms with Gasteiger partial charge in [-0.05, 0) is 30.7 Å². The number of nitrogens with zero attached hydrogens (tertiary/aromatic N) is 1. The molecule has 1 aromatic heterocycles. The monoisotopic (exact) mass is 318 g/mol. The Hall–Kier alpha value is -2.40. The maximum atomic E-state index is 11.9. The van der Waals surface area contributed by atoms with Crippen LogP contribution in [0.1, 0.15) is 26.3 Å². The molecule has 1 amide bonds. The number of hydrogen-bond donors (Lipinski definition) is 1. The molecule has 0 bridgehead atoms. The summed E-state index contributed by atoms with van der Waals surface area (Å²) in [4.78, 5) is 27.5. The Morgan fingerprint density at radius 2 is 1.95 bits per heavy atom. The minimum Gasteiger partial charge on any atom is -0.460 e. The summed E-state index contributed by atoms with van der Waals surface area (Å²) in [6, 6.07) is 8.37. The zero-order valence-electron chi connectivity index (χ0n) is 12.0. The summed E-state index contributed by atoms with van der Waals surface area (Å²) in [6.45, 7) is 2.10. The van der Waals surface area contributed by atoms with Gasteiger partial charge in [-0.3, -0.25) is 9.78 Å². The van der Waals surface area contributed by atoms with Crippen LogP contribution < -0.4 is 5.32 Å². The number of hydrogen-bond acceptors (Lipinski definition) is 4. The topological polar surface area (TPSA) is 68.3 Å². The Bertz CT molecular complexity index is 674. The third-order valence-electron chi connectivity index (χ3n) is 2.97. The van der Waals surface area contributed by atoms with Gasteiger partial charge in [0.25, 0.3) is 5.91 Å². The number of carbonyl (C=O) groups is 2. The van der Waals surface area contributed by atoms with Crippen LogP contribution >= 0.6 is 11.6 Å². The van der Waals surface area contributed by atoms with Crippen LogP contribution in [0.25, 0.3) is 0 Å². The molecule has 0 saturated heterocycles. The van der Waals surface area contributed by atoms with Crippen LogP contribution in [0.2, 0.25) is 5.02 Å². The van der Waals surface area contributed by atoms with E-state index in [1.54, 1.807) is 24.3 Å². The predicted octanol–water partition coefficient (Wildman–Crippen LogP) is 2.63. The van der Waals surface area contributed by atoms with E-state index in [0.29, 0.717) is 16.1 Å². The molecule has 0 atom stereocenters. The van der Waals surface area contributed by atoms with Gasteiger partial charge in [0.1, 0.15) is 6.61 Å². The summed E-state index contributed by atoms with van der Waals surface area (Å²) < 4.78 is 5.10. The molecule has 5 nitrogen and oxygen atoms in total.